The molecule has 1 aromatic rings. The van der Waals surface area contributed by atoms with Gasteiger partial charge in [0, 0.05) is 38.2 Å². The van der Waals surface area contributed by atoms with E-state index in [0.29, 0.717) is 45.3 Å². The largest absolute Gasteiger partial charge is 0.381 e. The standard InChI is InChI=1S/C19H28FNO3/c1-15(2)13-24-10-7-18(22)21-14-19(8-11-23-12-9-19)16-3-5-17(20)6-4-16/h3-6,15H,7-14H2,1-2H3,(H,21,22). The Balaban J connectivity index is 1.90. The minimum Gasteiger partial charge on any atom is -0.381 e. The van der Waals surface area contributed by atoms with Gasteiger partial charge in [-0.15, -0.1) is 0 Å². The van der Waals surface area contributed by atoms with Crippen LogP contribution < -0.4 is 5.32 Å². The Labute approximate surface area is 143 Å². The molecule has 1 fully saturated rings. The maximum Gasteiger partial charge on any atom is 0.222 e. The third-order valence-electron chi connectivity index (χ3n) is 4.46. The molecule has 24 heavy (non-hydrogen) atoms. The average Bonchev–Trinajstić information content (AvgIpc) is 2.58. The van der Waals surface area contributed by atoms with E-state index in [2.05, 4.69) is 19.2 Å². The summed E-state index contributed by atoms with van der Waals surface area (Å²) < 4.78 is 24.1. The predicted octanol–water partition coefficient (Wildman–Crippen LogP) is 3.05. The summed E-state index contributed by atoms with van der Waals surface area (Å²) in [6.45, 7) is 7.14. The molecule has 0 saturated carbocycles. The van der Waals surface area contributed by atoms with Gasteiger partial charge in [0.2, 0.25) is 5.91 Å². The zero-order chi connectivity index (χ0) is 17.4. The number of hydrogen-bond donors (Lipinski definition) is 1. The van der Waals surface area contributed by atoms with E-state index in [0.717, 1.165) is 18.4 Å². The highest BCUT2D eigenvalue weighted by Gasteiger charge is 2.34. The smallest absolute Gasteiger partial charge is 0.222 e. The normalized spacial score (nSPS) is 17.0. The van der Waals surface area contributed by atoms with Crippen molar-refractivity contribution in [3.05, 3.63) is 35.6 Å². The van der Waals surface area contributed by atoms with Crippen molar-refractivity contribution >= 4 is 5.91 Å². The zero-order valence-electron chi connectivity index (χ0n) is 14.6. The molecule has 0 bridgehead atoms. The zero-order valence-corrected chi connectivity index (χ0v) is 14.6. The molecule has 0 unspecified atom stereocenters. The first kappa shape index (κ1) is 18.9. The molecular weight excluding hydrogens is 309 g/mol. The Morgan fingerprint density at radius 1 is 1.29 bits per heavy atom. The molecule has 1 aliphatic heterocycles. The SMILES string of the molecule is CC(C)COCCC(=O)NCC1(c2ccc(F)cc2)CCOCC1. The van der Waals surface area contributed by atoms with Crippen LogP contribution in [-0.2, 0) is 19.7 Å². The monoisotopic (exact) mass is 337 g/mol. The van der Waals surface area contributed by atoms with Crippen LogP contribution in [0.2, 0.25) is 0 Å². The number of hydrogen-bond acceptors (Lipinski definition) is 3. The van der Waals surface area contributed by atoms with E-state index in [1.165, 1.54) is 12.1 Å². The van der Waals surface area contributed by atoms with Crippen LogP contribution in [0.1, 0.15) is 38.7 Å². The van der Waals surface area contributed by atoms with Gasteiger partial charge in [0.1, 0.15) is 5.82 Å². The Bertz CT molecular complexity index is 510. The number of amides is 1. The molecule has 1 amide bonds. The number of carbonyl (C=O) groups excluding carboxylic acids is 1. The lowest BCUT2D eigenvalue weighted by molar-refractivity contribution is -0.122. The summed E-state index contributed by atoms with van der Waals surface area (Å²) >= 11 is 0. The molecule has 1 N–H and O–H groups in total. The summed E-state index contributed by atoms with van der Waals surface area (Å²) in [5.41, 5.74) is 0.879. The summed E-state index contributed by atoms with van der Waals surface area (Å²) in [6.07, 6.45) is 2.01. The first-order valence-electron chi connectivity index (χ1n) is 8.70. The fraction of sp³-hybridized carbons (Fsp3) is 0.632. The average molecular weight is 337 g/mol. The second-order valence-corrected chi connectivity index (χ2v) is 6.90. The highest BCUT2D eigenvalue weighted by molar-refractivity contribution is 5.76. The van der Waals surface area contributed by atoms with Crippen molar-refractivity contribution in [2.75, 3.05) is 33.0 Å². The fourth-order valence-electron chi connectivity index (χ4n) is 2.97. The van der Waals surface area contributed by atoms with Crippen molar-refractivity contribution in [1.82, 2.24) is 5.32 Å². The van der Waals surface area contributed by atoms with Gasteiger partial charge in [-0.2, -0.15) is 0 Å². The lowest BCUT2D eigenvalue weighted by Gasteiger charge is -2.38. The quantitative estimate of drug-likeness (QED) is 0.742. The van der Waals surface area contributed by atoms with Crippen LogP contribution in [0, 0.1) is 11.7 Å². The maximum absolute atomic E-state index is 13.2. The summed E-state index contributed by atoms with van der Waals surface area (Å²) in [4.78, 5) is 12.1. The molecule has 0 aromatic heterocycles. The third kappa shape index (κ3) is 5.56. The van der Waals surface area contributed by atoms with Crippen molar-refractivity contribution in [1.29, 1.82) is 0 Å². The van der Waals surface area contributed by atoms with E-state index >= 15 is 0 Å². The molecule has 0 atom stereocenters. The van der Waals surface area contributed by atoms with Gasteiger partial charge in [0.25, 0.3) is 0 Å². The van der Waals surface area contributed by atoms with Gasteiger partial charge in [-0.1, -0.05) is 26.0 Å². The lowest BCUT2D eigenvalue weighted by atomic mass is 9.74. The third-order valence-corrected chi connectivity index (χ3v) is 4.46. The van der Waals surface area contributed by atoms with E-state index in [1.54, 1.807) is 0 Å². The Morgan fingerprint density at radius 3 is 2.58 bits per heavy atom. The first-order chi connectivity index (χ1) is 11.5. The molecule has 1 saturated heterocycles. The van der Waals surface area contributed by atoms with E-state index < -0.39 is 0 Å². The van der Waals surface area contributed by atoms with Gasteiger partial charge in [0.05, 0.1) is 6.61 Å². The Morgan fingerprint density at radius 2 is 1.96 bits per heavy atom. The van der Waals surface area contributed by atoms with E-state index in [9.17, 15) is 9.18 Å². The molecule has 1 heterocycles. The summed E-state index contributed by atoms with van der Waals surface area (Å²) in [5.74, 6) is 0.219. The number of ether oxygens (including phenoxy) is 2. The van der Waals surface area contributed by atoms with Crippen LogP contribution in [-0.4, -0.2) is 38.9 Å². The maximum atomic E-state index is 13.2. The first-order valence-corrected chi connectivity index (χ1v) is 8.70. The fourth-order valence-corrected chi connectivity index (χ4v) is 2.97. The van der Waals surface area contributed by atoms with Crippen molar-refractivity contribution in [3.8, 4) is 0 Å². The number of benzene rings is 1. The number of halogens is 1. The number of rotatable bonds is 8. The lowest BCUT2D eigenvalue weighted by Crippen LogP contribution is -2.44. The molecule has 5 heteroatoms. The van der Waals surface area contributed by atoms with Crippen LogP contribution in [0.15, 0.2) is 24.3 Å². The molecule has 0 radical (unpaired) electrons. The molecular formula is C19H28FNO3. The van der Waals surface area contributed by atoms with Crippen molar-refractivity contribution in [2.45, 2.75) is 38.5 Å². The van der Waals surface area contributed by atoms with Gasteiger partial charge in [-0.05, 0) is 36.5 Å². The van der Waals surface area contributed by atoms with Gasteiger partial charge in [-0.3, -0.25) is 4.79 Å². The second kappa shape index (κ2) is 9.14. The summed E-state index contributed by atoms with van der Waals surface area (Å²) in [5, 5.41) is 3.03. The molecule has 0 aliphatic carbocycles. The van der Waals surface area contributed by atoms with Crippen LogP contribution >= 0.6 is 0 Å². The van der Waals surface area contributed by atoms with Crippen molar-refractivity contribution < 1.29 is 18.7 Å². The van der Waals surface area contributed by atoms with Crippen molar-refractivity contribution in [2.24, 2.45) is 5.92 Å². The number of carbonyl (C=O) groups is 1. The minimum absolute atomic E-state index is 0.00765. The van der Waals surface area contributed by atoms with Crippen LogP contribution in [0.4, 0.5) is 4.39 Å². The molecule has 1 aliphatic rings. The van der Waals surface area contributed by atoms with Gasteiger partial charge in [-0.25, -0.2) is 4.39 Å². The minimum atomic E-state index is -0.243. The highest BCUT2D eigenvalue weighted by atomic mass is 19.1. The van der Waals surface area contributed by atoms with Gasteiger partial charge < -0.3 is 14.8 Å². The second-order valence-electron chi connectivity index (χ2n) is 6.90. The highest BCUT2D eigenvalue weighted by Crippen LogP contribution is 2.34. The van der Waals surface area contributed by atoms with Crippen LogP contribution in [0.25, 0.3) is 0 Å². The molecule has 0 spiro atoms. The van der Waals surface area contributed by atoms with Gasteiger partial charge >= 0.3 is 0 Å². The van der Waals surface area contributed by atoms with E-state index in [-0.39, 0.29) is 17.1 Å². The topological polar surface area (TPSA) is 47.6 Å². The molecule has 134 valence electrons. The number of nitrogens with one attached hydrogen (secondary N) is 1. The van der Waals surface area contributed by atoms with Crippen molar-refractivity contribution in [3.63, 3.8) is 0 Å². The molecule has 2 rings (SSSR count). The molecule has 1 aromatic carbocycles. The summed E-state index contributed by atoms with van der Waals surface area (Å²) in [6, 6.07) is 6.60. The van der Waals surface area contributed by atoms with Crippen LogP contribution in [0.3, 0.4) is 0 Å². The Kier molecular flexibility index (Phi) is 7.18. The van der Waals surface area contributed by atoms with Gasteiger partial charge in [0.15, 0.2) is 0 Å². The molecule has 4 nitrogen and oxygen atoms in total. The van der Waals surface area contributed by atoms with E-state index in [1.807, 2.05) is 12.1 Å². The predicted molar refractivity (Wildman–Crippen MR) is 91.4 cm³/mol. The summed E-state index contributed by atoms with van der Waals surface area (Å²) in [7, 11) is 0. The van der Waals surface area contributed by atoms with Crippen LogP contribution in [0.5, 0.6) is 0 Å². The Hall–Kier alpha value is -1.46. The van der Waals surface area contributed by atoms with E-state index in [4.69, 9.17) is 9.47 Å².